The van der Waals surface area contributed by atoms with E-state index in [2.05, 4.69) is 74.7 Å². The van der Waals surface area contributed by atoms with E-state index in [1.54, 1.807) is 0 Å². The number of allylic oxidation sites excluding steroid dienone is 9. The SMILES string of the molecule is CCCCC/C=C\C/C=C\C/C=C\CCCCCCC(=O)OC(/C=C/CCCCCCCCCCC)C(COP(=O)([O-])OCC[N+](C)(C)C)NC(=O)CCCCCCCCC/C=C\CCCCCC. The lowest BCUT2D eigenvalue weighted by Gasteiger charge is -2.30. The molecule has 9 nitrogen and oxygen atoms in total. The van der Waals surface area contributed by atoms with Crippen LogP contribution in [0.2, 0.25) is 0 Å². The Labute approximate surface area is 426 Å². The van der Waals surface area contributed by atoms with Gasteiger partial charge in [0.2, 0.25) is 5.91 Å². The number of likely N-dealkylation sites (N-methyl/N-ethyl adjacent to an activating group) is 1. The Balaban J connectivity index is 5.37. The number of ether oxygens (including phenoxy) is 1. The number of nitrogens with one attached hydrogen (secondary N) is 1. The Bertz CT molecular complexity index is 1370. The van der Waals surface area contributed by atoms with Crippen molar-refractivity contribution < 1.29 is 37.3 Å². The van der Waals surface area contributed by atoms with Crippen molar-refractivity contribution in [2.45, 2.75) is 264 Å². The highest BCUT2D eigenvalue weighted by molar-refractivity contribution is 7.45. The van der Waals surface area contributed by atoms with Crippen LogP contribution >= 0.6 is 7.82 Å². The summed E-state index contributed by atoms with van der Waals surface area (Å²) in [6.45, 7) is 6.77. The normalized spacial score (nSPS) is 14.2. The monoisotopic (exact) mass is 989 g/mol. The summed E-state index contributed by atoms with van der Waals surface area (Å²) >= 11 is 0. The van der Waals surface area contributed by atoms with Crippen LogP contribution in [-0.2, 0) is 27.9 Å². The van der Waals surface area contributed by atoms with Crippen molar-refractivity contribution in [3.05, 3.63) is 60.8 Å². The molecule has 3 unspecified atom stereocenters. The minimum atomic E-state index is -4.70. The third kappa shape index (κ3) is 50.4. The zero-order chi connectivity index (χ0) is 50.8. The number of nitrogens with zero attached hydrogens (tertiary/aromatic N) is 1. The number of amides is 1. The van der Waals surface area contributed by atoms with Crippen LogP contribution in [0.1, 0.15) is 252 Å². The average Bonchev–Trinajstić information content (AvgIpc) is 3.31. The number of hydrogen-bond donors (Lipinski definition) is 1. The lowest BCUT2D eigenvalue weighted by Crippen LogP contribution is -2.47. The van der Waals surface area contributed by atoms with Gasteiger partial charge in [0, 0.05) is 12.8 Å². The smallest absolute Gasteiger partial charge is 0.306 e. The maximum absolute atomic E-state index is 13.5. The average molecular weight is 990 g/mol. The van der Waals surface area contributed by atoms with Gasteiger partial charge in [-0.15, -0.1) is 0 Å². The van der Waals surface area contributed by atoms with Gasteiger partial charge in [-0.3, -0.25) is 14.2 Å². The lowest BCUT2D eigenvalue weighted by molar-refractivity contribution is -0.870. The van der Waals surface area contributed by atoms with Gasteiger partial charge in [-0.1, -0.05) is 204 Å². The number of carbonyl (C=O) groups is 2. The molecule has 3 atom stereocenters. The second kappa shape index (κ2) is 49.3. The molecule has 0 aromatic carbocycles. The fraction of sp³-hybridized carbons (Fsp3) is 0.797. The van der Waals surface area contributed by atoms with E-state index in [0.717, 1.165) is 89.9 Å². The predicted molar refractivity (Wildman–Crippen MR) is 293 cm³/mol. The molecule has 0 saturated heterocycles. The molecule has 0 saturated carbocycles. The first-order valence-corrected chi connectivity index (χ1v) is 30.1. The Kier molecular flexibility index (Phi) is 47.7. The second-order valence-electron chi connectivity index (χ2n) is 20.4. The van der Waals surface area contributed by atoms with Crippen LogP contribution < -0.4 is 10.2 Å². The van der Waals surface area contributed by atoms with Gasteiger partial charge in [-0.2, -0.15) is 0 Å². The third-order valence-corrected chi connectivity index (χ3v) is 13.4. The highest BCUT2D eigenvalue weighted by Gasteiger charge is 2.27. The molecule has 1 N–H and O–H groups in total. The molecule has 0 aliphatic rings. The fourth-order valence-corrected chi connectivity index (χ4v) is 8.66. The number of phosphoric acid groups is 1. The highest BCUT2D eigenvalue weighted by atomic mass is 31.2. The van der Waals surface area contributed by atoms with Crippen molar-refractivity contribution in [3.63, 3.8) is 0 Å². The molecule has 0 spiro atoms. The Morgan fingerprint density at radius 3 is 1.38 bits per heavy atom. The molecular weight excluding hydrogens is 880 g/mol. The van der Waals surface area contributed by atoms with E-state index in [0.29, 0.717) is 23.9 Å². The summed E-state index contributed by atoms with van der Waals surface area (Å²) in [6.07, 6.45) is 60.3. The Hall–Kier alpha value is -2.29. The minimum Gasteiger partial charge on any atom is -0.756 e. The van der Waals surface area contributed by atoms with E-state index < -0.39 is 26.6 Å². The number of rotatable bonds is 51. The van der Waals surface area contributed by atoms with E-state index in [1.807, 2.05) is 33.3 Å². The zero-order valence-electron chi connectivity index (χ0n) is 45.8. The summed E-state index contributed by atoms with van der Waals surface area (Å²) in [6, 6.07) is -0.899. The number of hydrogen-bond acceptors (Lipinski definition) is 7. The number of phosphoric ester groups is 1. The van der Waals surface area contributed by atoms with Gasteiger partial charge in [-0.25, -0.2) is 0 Å². The van der Waals surface area contributed by atoms with Crippen molar-refractivity contribution in [3.8, 4) is 0 Å². The first-order valence-electron chi connectivity index (χ1n) is 28.6. The standard InChI is InChI=1S/C59H109N2O7P/c1-7-10-13-16-19-22-25-27-29-30-32-34-37-40-43-46-49-52-59(63)68-57(50-47-44-41-38-35-24-21-18-15-12-9-3)56(55-67-69(64,65)66-54-53-61(4,5)6)60-58(62)51-48-45-42-39-36-33-31-28-26-23-20-17-14-11-8-2/h19,22-23,26-27,29,32,34,47,50,56-57H,7-18,20-21,24-25,28,30-31,33,35-46,48-49,51-55H2,1-6H3,(H-,60,62,64,65)/b22-19-,26-23-,29-27-,34-32-,50-47+. The molecule has 0 heterocycles. The van der Waals surface area contributed by atoms with Crippen molar-refractivity contribution in [2.24, 2.45) is 0 Å². The number of quaternary nitrogens is 1. The molecule has 0 radical (unpaired) electrons. The number of unbranched alkanes of at least 4 members (excludes halogenated alkanes) is 27. The maximum atomic E-state index is 13.5. The summed E-state index contributed by atoms with van der Waals surface area (Å²) in [5.41, 5.74) is 0. The topological polar surface area (TPSA) is 114 Å². The van der Waals surface area contributed by atoms with E-state index in [4.69, 9.17) is 13.8 Å². The molecule has 69 heavy (non-hydrogen) atoms. The molecule has 0 fully saturated rings. The fourth-order valence-electron chi connectivity index (χ4n) is 7.93. The molecule has 402 valence electrons. The quantitative estimate of drug-likeness (QED) is 0.0212. The van der Waals surface area contributed by atoms with Crippen molar-refractivity contribution in [1.82, 2.24) is 5.32 Å². The van der Waals surface area contributed by atoms with Gasteiger partial charge >= 0.3 is 5.97 Å². The molecule has 0 aromatic rings. The zero-order valence-corrected chi connectivity index (χ0v) is 46.7. The Morgan fingerprint density at radius 1 is 0.507 bits per heavy atom. The van der Waals surface area contributed by atoms with Crippen LogP contribution in [0, 0.1) is 0 Å². The predicted octanol–water partition coefficient (Wildman–Crippen LogP) is 16.5. The molecule has 0 aliphatic carbocycles. The van der Waals surface area contributed by atoms with Gasteiger partial charge in [0.1, 0.15) is 19.3 Å². The third-order valence-electron chi connectivity index (χ3n) is 12.4. The second-order valence-corrected chi connectivity index (χ2v) is 21.8. The van der Waals surface area contributed by atoms with Crippen molar-refractivity contribution >= 4 is 19.7 Å². The molecule has 0 bridgehead atoms. The largest absolute Gasteiger partial charge is 0.756 e. The molecule has 0 rings (SSSR count). The van der Waals surface area contributed by atoms with Crippen LogP contribution in [0.5, 0.6) is 0 Å². The van der Waals surface area contributed by atoms with E-state index in [-0.39, 0.29) is 24.9 Å². The first kappa shape index (κ1) is 66.7. The Morgan fingerprint density at radius 2 is 0.884 bits per heavy atom. The van der Waals surface area contributed by atoms with E-state index >= 15 is 0 Å². The first-order chi connectivity index (χ1) is 33.4. The molecule has 0 aliphatic heterocycles. The number of esters is 1. The van der Waals surface area contributed by atoms with Crippen molar-refractivity contribution in [1.29, 1.82) is 0 Å². The molecule has 0 aromatic heterocycles. The van der Waals surface area contributed by atoms with Gasteiger partial charge in [0.15, 0.2) is 0 Å². The van der Waals surface area contributed by atoms with Crippen LogP contribution in [0.4, 0.5) is 0 Å². The summed E-state index contributed by atoms with van der Waals surface area (Å²) in [5, 5.41) is 3.01. The van der Waals surface area contributed by atoms with Gasteiger partial charge < -0.3 is 28.5 Å². The van der Waals surface area contributed by atoms with Crippen LogP contribution in [0.25, 0.3) is 0 Å². The lowest BCUT2D eigenvalue weighted by atomic mass is 10.1. The molecule has 10 heteroatoms. The van der Waals surface area contributed by atoms with Crippen molar-refractivity contribution in [2.75, 3.05) is 40.9 Å². The summed E-state index contributed by atoms with van der Waals surface area (Å²) in [4.78, 5) is 39.8. The van der Waals surface area contributed by atoms with Crippen LogP contribution in [0.15, 0.2) is 60.8 Å². The van der Waals surface area contributed by atoms with Gasteiger partial charge in [0.05, 0.1) is 33.8 Å². The van der Waals surface area contributed by atoms with Gasteiger partial charge in [0.25, 0.3) is 7.82 Å². The van der Waals surface area contributed by atoms with E-state index in [9.17, 15) is 19.0 Å². The summed E-state index contributed by atoms with van der Waals surface area (Å²) < 4.78 is 30.2. The summed E-state index contributed by atoms with van der Waals surface area (Å²) in [7, 11) is 1.17. The highest BCUT2D eigenvalue weighted by Crippen LogP contribution is 2.38. The summed E-state index contributed by atoms with van der Waals surface area (Å²) in [5.74, 6) is -0.571. The van der Waals surface area contributed by atoms with Gasteiger partial charge in [-0.05, 0) is 96.0 Å². The number of carbonyl (C=O) groups excluding carboxylic acids is 2. The van der Waals surface area contributed by atoms with Crippen LogP contribution in [0.3, 0.4) is 0 Å². The minimum absolute atomic E-state index is 0.0282. The molecular formula is C59H109N2O7P. The maximum Gasteiger partial charge on any atom is 0.306 e. The van der Waals surface area contributed by atoms with Crippen LogP contribution in [-0.4, -0.2) is 69.4 Å². The van der Waals surface area contributed by atoms with E-state index in [1.165, 1.54) is 122 Å². The molecule has 1 amide bonds.